The lowest BCUT2D eigenvalue weighted by molar-refractivity contribution is 0.273. The highest BCUT2D eigenvalue weighted by Crippen LogP contribution is 2.26. The zero-order chi connectivity index (χ0) is 14.8. The van der Waals surface area contributed by atoms with E-state index in [4.69, 9.17) is 10.9 Å². The molecule has 1 aromatic rings. The molecule has 0 amide bonds. The number of hydrogen-bond acceptors (Lipinski definition) is 4. The third-order valence-electron chi connectivity index (χ3n) is 4.76. The lowest BCUT2D eigenvalue weighted by Crippen LogP contribution is -2.36. The summed E-state index contributed by atoms with van der Waals surface area (Å²) in [7, 11) is 0. The quantitative estimate of drug-likeness (QED) is 0.377. The zero-order valence-electron chi connectivity index (χ0n) is 12.6. The largest absolute Gasteiger partial charge is 0.409 e. The van der Waals surface area contributed by atoms with Gasteiger partial charge in [-0.25, -0.2) is 0 Å². The van der Waals surface area contributed by atoms with Crippen LogP contribution in [0.3, 0.4) is 0 Å². The molecule has 114 valence electrons. The molecule has 2 heterocycles. The van der Waals surface area contributed by atoms with Crippen molar-refractivity contribution < 1.29 is 5.21 Å². The summed E-state index contributed by atoms with van der Waals surface area (Å²) in [6.45, 7) is 6.72. The van der Waals surface area contributed by atoms with Crippen molar-refractivity contribution >= 4 is 11.5 Å². The summed E-state index contributed by atoms with van der Waals surface area (Å²) in [5.74, 6) is 0.178. The molecule has 5 heteroatoms. The van der Waals surface area contributed by atoms with Gasteiger partial charge in [0, 0.05) is 36.9 Å². The number of rotatable bonds is 2. The smallest absolute Gasteiger partial charge is 0.170 e. The van der Waals surface area contributed by atoms with Crippen LogP contribution in [0.4, 0.5) is 5.69 Å². The van der Waals surface area contributed by atoms with Crippen LogP contribution in [0.2, 0.25) is 0 Å². The molecule has 21 heavy (non-hydrogen) atoms. The summed E-state index contributed by atoms with van der Waals surface area (Å²) < 4.78 is 0. The number of nitrogens with zero attached hydrogens (tertiary/aromatic N) is 3. The molecule has 1 aromatic carbocycles. The number of benzene rings is 1. The number of nitrogens with two attached hydrogens (primary N) is 1. The van der Waals surface area contributed by atoms with E-state index >= 15 is 0 Å². The van der Waals surface area contributed by atoms with Gasteiger partial charge in [-0.15, -0.1) is 0 Å². The van der Waals surface area contributed by atoms with Crippen molar-refractivity contribution in [2.24, 2.45) is 10.9 Å². The Morgan fingerprint density at radius 2 is 2.10 bits per heavy atom. The third-order valence-corrected chi connectivity index (χ3v) is 4.76. The summed E-state index contributed by atoms with van der Waals surface area (Å²) in [4.78, 5) is 5.12. The van der Waals surface area contributed by atoms with Crippen molar-refractivity contribution in [2.75, 3.05) is 31.1 Å². The molecule has 1 unspecified atom stereocenters. The lowest BCUT2D eigenvalue weighted by Gasteiger charge is -2.27. The van der Waals surface area contributed by atoms with Crippen LogP contribution in [0.25, 0.3) is 0 Å². The first kappa shape index (κ1) is 14.2. The SMILES string of the molecule is Cc1cc(N2CCCN3CCCC3C2)ccc1/C(N)=N/O. The highest BCUT2D eigenvalue weighted by atomic mass is 16.4. The molecular formula is C16H24N4O. The van der Waals surface area contributed by atoms with Crippen LogP contribution in [-0.4, -0.2) is 48.2 Å². The van der Waals surface area contributed by atoms with Crippen LogP contribution in [0.15, 0.2) is 23.4 Å². The Balaban J connectivity index is 1.81. The Hall–Kier alpha value is -1.75. The first-order chi connectivity index (χ1) is 10.2. The van der Waals surface area contributed by atoms with Gasteiger partial charge in [-0.1, -0.05) is 5.16 Å². The monoisotopic (exact) mass is 288 g/mol. The molecule has 2 saturated heterocycles. The average molecular weight is 288 g/mol. The molecule has 0 spiro atoms. The van der Waals surface area contributed by atoms with Gasteiger partial charge in [0.1, 0.15) is 0 Å². The fourth-order valence-electron chi connectivity index (χ4n) is 3.63. The second-order valence-electron chi connectivity index (χ2n) is 6.12. The van der Waals surface area contributed by atoms with Crippen molar-refractivity contribution in [3.05, 3.63) is 29.3 Å². The summed E-state index contributed by atoms with van der Waals surface area (Å²) in [5.41, 5.74) is 8.80. The molecule has 3 N–H and O–H groups in total. The Kier molecular flexibility index (Phi) is 4.01. The van der Waals surface area contributed by atoms with Crippen LogP contribution in [0.5, 0.6) is 0 Å². The van der Waals surface area contributed by atoms with E-state index in [0.717, 1.165) is 24.2 Å². The first-order valence-corrected chi connectivity index (χ1v) is 7.76. The molecule has 0 bridgehead atoms. The van der Waals surface area contributed by atoms with Crippen LogP contribution in [0.1, 0.15) is 30.4 Å². The Morgan fingerprint density at radius 3 is 2.86 bits per heavy atom. The van der Waals surface area contributed by atoms with Crippen LogP contribution in [-0.2, 0) is 0 Å². The topological polar surface area (TPSA) is 65.1 Å². The maximum Gasteiger partial charge on any atom is 0.170 e. The minimum absolute atomic E-state index is 0.178. The van der Waals surface area contributed by atoms with Crippen LogP contribution in [0, 0.1) is 6.92 Å². The van der Waals surface area contributed by atoms with Crippen LogP contribution >= 0.6 is 0 Å². The van der Waals surface area contributed by atoms with Crippen molar-refractivity contribution in [3.63, 3.8) is 0 Å². The highest BCUT2D eigenvalue weighted by molar-refractivity contribution is 5.98. The number of fused-ring (bicyclic) bond motifs is 1. The second-order valence-corrected chi connectivity index (χ2v) is 6.12. The van der Waals surface area contributed by atoms with E-state index in [0.29, 0.717) is 6.04 Å². The summed E-state index contributed by atoms with van der Waals surface area (Å²) in [5, 5.41) is 11.9. The summed E-state index contributed by atoms with van der Waals surface area (Å²) in [6, 6.07) is 6.90. The van der Waals surface area contributed by atoms with Crippen molar-refractivity contribution in [1.29, 1.82) is 0 Å². The van der Waals surface area contributed by atoms with Gasteiger partial charge < -0.3 is 15.8 Å². The van der Waals surface area contributed by atoms with Crippen molar-refractivity contribution in [1.82, 2.24) is 4.90 Å². The van der Waals surface area contributed by atoms with E-state index in [9.17, 15) is 0 Å². The molecule has 3 rings (SSSR count). The van der Waals surface area contributed by atoms with E-state index in [-0.39, 0.29) is 5.84 Å². The molecule has 0 saturated carbocycles. The van der Waals surface area contributed by atoms with Gasteiger partial charge in [0.05, 0.1) is 0 Å². The molecule has 0 aliphatic carbocycles. The predicted octanol–water partition coefficient (Wildman–Crippen LogP) is 1.76. The molecule has 2 aliphatic rings. The molecule has 2 fully saturated rings. The number of oxime groups is 1. The molecule has 0 radical (unpaired) electrons. The summed E-state index contributed by atoms with van der Waals surface area (Å²) >= 11 is 0. The fourth-order valence-corrected chi connectivity index (χ4v) is 3.63. The number of hydrogen-bond donors (Lipinski definition) is 2. The van der Waals surface area contributed by atoms with E-state index in [1.165, 1.54) is 38.0 Å². The molecule has 5 nitrogen and oxygen atoms in total. The minimum atomic E-state index is 0.178. The number of aryl methyl sites for hydroxylation is 1. The summed E-state index contributed by atoms with van der Waals surface area (Å²) in [6.07, 6.45) is 3.87. The predicted molar refractivity (Wildman–Crippen MR) is 85.1 cm³/mol. The van der Waals surface area contributed by atoms with Gasteiger partial charge in [0.2, 0.25) is 0 Å². The van der Waals surface area contributed by atoms with Gasteiger partial charge in [0.25, 0.3) is 0 Å². The van der Waals surface area contributed by atoms with E-state index in [2.05, 4.69) is 27.1 Å². The minimum Gasteiger partial charge on any atom is -0.409 e. The zero-order valence-corrected chi connectivity index (χ0v) is 12.6. The Morgan fingerprint density at radius 1 is 1.29 bits per heavy atom. The molecular weight excluding hydrogens is 264 g/mol. The third kappa shape index (κ3) is 2.83. The van der Waals surface area contributed by atoms with E-state index < -0.39 is 0 Å². The fraction of sp³-hybridized carbons (Fsp3) is 0.562. The van der Waals surface area contributed by atoms with E-state index in [1.807, 2.05) is 13.0 Å². The second kappa shape index (κ2) is 5.93. The van der Waals surface area contributed by atoms with Crippen molar-refractivity contribution in [3.8, 4) is 0 Å². The standard InChI is InChI=1S/C16H24N4O/c1-12-10-13(5-6-15(12)16(17)18-21)20-9-3-8-19-7-2-4-14(19)11-20/h5-6,10,14,21H,2-4,7-9,11H2,1H3,(H2,17,18). The highest BCUT2D eigenvalue weighted by Gasteiger charge is 2.28. The molecule has 0 aromatic heterocycles. The Bertz CT molecular complexity index is 543. The lowest BCUT2D eigenvalue weighted by atomic mass is 10.1. The normalized spacial score (nSPS) is 24.0. The molecule has 2 aliphatic heterocycles. The van der Waals surface area contributed by atoms with Gasteiger partial charge in [0.15, 0.2) is 5.84 Å². The van der Waals surface area contributed by atoms with Crippen molar-refractivity contribution in [2.45, 2.75) is 32.2 Å². The van der Waals surface area contributed by atoms with Gasteiger partial charge >= 0.3 is 0 Å². The van der Waals surface area contributed by atoms with Crippen LogP contribution < -0.4 is 10.6 Å². The van der Waals surface area contributed by atoms with Gasteiger partial charge in [-0.2, -0.15) is 0 Å². The first-order valence-electron chi connectivity index (χ1n) is 7.76. The average Bonchev–Trinajstić information content (AvgIpc) is 2.83. The maximum atomic E-state index is 8.82. The van der Waals surface area contributed by atoms with E-state index in [1.54, 1.807) is 0 Å². The number of amidine groups is 1. The molecule has 1 atom stereocenters. The maximum absolute atomic E-state index is 8.82. The van der Waals surface area contributed by atoms with Gasteiger partial charge in [-0.05, 0) is 56.5 Å². The Labute approximate surface area is 126 Å². The van der Waals surface area contributed by atoms with Gasteiger partial charge in [-0.3, -0.25) is 4.90 Å². The number of anilines is 1.